The van der Waals surface area contributed by atoms with E-state index in [2.05, 4.69) is 79.5 Å². The molecule has 0 aliphatic heterocycles. The molecule has 2 rings (SSSR count). The van der Waals surface area contributed by atoms with Gasteiger partial charge in [0.2, 0.25) is 0 Å². The Bertz CT molecular complexity index is 650. The molecule has 0 aliphatic carbocycles. The molecule has 0 amide bonds. The SMILES string of the molecule is CCCCN(C)CP(=O)(CCCCc1ccccc1)CCCCc1ccccc1. The first kappa shape index (κ1) is 23.9. The Morgan fingerprint density at radius 3 is 1.66 bits per heavy atom. The van der Waals surface area contributed by atoms with Gasteiger partial charge in [0, 0.05) is 12.3 Å². The summed E-state index contributed by atoms with van der Waals surface area (Å²) in [5.41, 5.74) is 2.79. The first-order chi connectivity index (χ1) is 14.1. The lowest BCUT2D eigenvalue weighted by atomic mass is 10.1. The number of benzene rings is 2. The third kappa shape index (κ3) is 10.3. The zero-order valence-electron chi connectivity index (χ0n) is 18.6. The largest absolute Gasteiger partial charge is 0.322 e. The number of nitrogens with zero attached hydrogens (tertiary/aromatic N) is 1. The fourth-order valence-corrected chi connectivity index (χ4v) is 7.07. The van der Waals surface area contributed by atoms with E-state index in [1.54, 1.807) is 0 Å². The standard InChI is InChI=1S/C26H40NOP/c1-3-4-21-27(2)24-29(28,22-13-11-19-25-15-7-5-8-16-25)23-14-12-20-26-17-9-6-10-18-26/h5-10,15-18H,3-4,11-14,19-24H2,1-2H3. The molecule has 160 valence electrons. The lowest BCUT2D eigenvalue weighted by Crippen LogP contribution is -2.23. The highest BCUT2D eigenvalue weighted by molar-refractivity contribution is 7.63. The molecule has 0 spiro atoms. The summed E-state index contributed by atoms with van der Waals surface area (Å²) < 4.78 is 13.8. The number of hydrogen-bond donors (Lipinski definition) is 0. The van der Waals surface area contributed by atoms with Crippen molar-refractivity contribution in [3.8, 4) is 0 Å². The minimum absolute atomic E-state index is 0.795. The molecule has 0 saturated carbocycles. The molecule has 0 aromatic heterocycles. The number of aryl methyl sites for hydroxylation is 2. The van der Waals surface area contributed by atoms with Crippen molar-refractivity contribution in [2.24, 2.45) is 0 Å². The molecule has 0 fully saturated rings. The smallest absolute Gasteiger partial charge is 0.101 e. The quantitative estimate of drug-likeness (QED) is 0.229. The molecule has 0 bridgehead atoms. The van der Waals surface area contributed by atoms with Gasteiger partial charge >= 0.3 is 0 Å². The summed E-state index contributed by atoms with van der Waals surface area (Å²) in [5, 5.41) is 0. The summed E-state index contributed by atoms with van der Waals surface area (Å²) in [4.78, 5) is 2.32. The average molecular weight is 414 g/mol. The molecule has 0 atom stereocenters. The highest BCUT2D eigenvalue weighted by atomic mass is 31.2. The summed E-state index contributed by atoms with van der Waals surface area (Å²) in [5.74, 6) is 0. The zero-order chi connectivity index (χ0) is 20.8. The Morgan fingerprint density at radius 1 is 0.724 bits per heavy atom. The van der Waals surface area contributed by atoms with Crippen LogP contribution in [0.5, 0.6) is 0 Å². The van der Waals surface area contributed by atoms with Crippen molar-refractivity contribution in [1.29, 1.82) is 0 Å². The first-order valence-electron chi connectivity index (χ1n) is 11.4. The van der Waals surface area contributed by atoms with Gasteiger partial charge in [-0.3, -0.25) is 4.90 Å². The molecule has 0 N–H and O–H groups in total. The summed E-state index contributed by atoms with van der Waals surface area (Å²) in [6.07, 6.45) is 11.6. The van der Waals surface area contributed by atoms with Crippen molar-refractivity contribution in [2.75, 3.05) is 32.2 Å². The van der Waals surface area contributed by atoms with Crippen molar-refractivity contribution in [2.45, 2.75) is 58.3 Å². The predicted molar refractivity (Wildman–Crippen MR) is 129 cm³/mol. The van der Waals surface area contributed by atoms with E-state index >= 15 is 0 Å². The predicted octanol–water partition coefficient (Wildman–Crippen LogP) is 7.08. The second-order valence-corrected chi connectivity index (χ2v) is 11.8. The van der Waals surface area contributed by atoms with Crippen LogP contribution in [0.25, 0.3) is 0 Å². The van der Waals surface area contributed by atoms with Crippen molar-refractivity contribution < 1.29 is 4.57 Å². The van der Waals surface area contributed by atoms with Crippen molar-refractivity contribution in [1.82, 2.24) is 4.90 Å². The highest BCUT2D eigenvalue weighted by Gasteiger charge is 2.23. The van der Waals surface area contributed by atoms with Crippen LogP contribution in [0.2, 0.25) is 0 Å². The highest BCUT2D eigenvalue weighted by Crippen LogP contribution is 2.47. The van der Waals surface area contributed by atoms with Gasteiger partial charge in [-0.05, 0) is 69.7 Å². The Balaban J connectivity index is 1.80. The molecular formula is C26H40NOP. The molecule has 0 saturated heterocycles. The van der Waals surface area contributed by atoms with Crippen LogP contribution >= 0.6 is 7.14 Å². The molecule has 29 heavy (non-hydrogen) atoms. The lowest BCUT2D eigenvalue weighted by Gasteiger charge is -2.25. The van der Waals surface area contributed by atoms with Gasteiger partial charge < -0.3 is 4.57 Å². The third-order valence-corrected chi connectivity index (χ3v) is 8.90. The maximum atomic E-state index is 13.8. The molecule has 2 nitrogen and oxygen atoms in total. The Morgan fingerprint density at radius 2 is 1.21 bits per heavy atom. The fourth-order valence-electron chi connectivity index (χ4n) is 3.94. The van der Waals surface area contributed by atoms with Gasteiger partial charge in [0.05, 0.1) is 6.29 Å². The van der Waals surface area contributed by atoms with Crippen molar-refractivity contribution in [3.63, 3.8) is 0 Å². The second-order valence-electron chi connectivity index (χ2n) is 8.47. The average Bonchev–Trinajstić information content (AvgIpc) is 2.74. The first-order valence-corrected chi connectivity index (χ1v) is 13.7. The molecule has 0 aliphatic rings. The Kier molecular flexibility index (Phi) is 11.4. The molecule has 2 aromatic rings. The topological polar surface area (TPSA) is 20.3 Å². The normalized spacial score (nSPS) is 11.8. The second kappa shape index (κ2) is 13.8. The van der Waals surface area contributed by atoms with Crippen LogP contribution in [0, 0.1) is 0 Å². The van der Waals surface area contributed by atoms with Crippen LogP contribution in [-0.4, -0.2) is 37.1 Å². The van der Waals surface area contributed by atoms with E-state index in [-0.39, 0.29) is 0 Å². The summed E-state index contributed by atoms with van der Waals surface area (Å²) >= 11 is 0. The van der Waals surface area contributed by atoms with Gasteiger partial charge in [-0.2, -0.15) is 0 Å². The van der Waals surface area contributed by atoms with Gasteiger partial charge in [-0.15, -0.1) is 0 Å². The van der Waals surface area contributed by atoms with Crippen molar-refractivity contribution >= 4 is 7.14 Å². The number of unbranched alkanes of at least 4 members (excludes halogenated alkanes) is 3. The Hall–Kier alpha value is -1.37. The molecule has 0 heterocycles. The van der Waals surface area contributed by atoms with E-state index < -0.39 is 7.14 Å². The van der Waals surface area contributed by atoms with E-state index in [1.165, 1.54) is 24.0 Å². The van der Waals surface area contributed by atoms with Crippen LogP contribution < -0.4 is 0 Å². The van der Waals surface area contributed by atoms with Gasteiger partial charge in [-0.1, -0.05) is 74.0 Å². The van der Waals surface area contributed by atoms with Crippen molar-refractivity contribution in [3.05, 3.63) is 71.8 Å². The van der Waals surface area contributed by atoms with Gasteiger partial charge in [0.25, 0.3) is 0 Å². The number of rotatable bonds is 15. The van der Waals surface area contributed by atoms with E-state index in [1.807, 2.05) is 0 Å². The zero-order valence-corrected chi connectivity index (χ0v) is 19.5. The van der Waals surface area contributed by atoms with Crippen LogP contribution in [0.15, 0.2) is 60.7 Å². The van der Waals surface area contributed by atoms with Crippen LogP contribution in [-0.2, 0) is 17.4 Å². The monoisotopic (exact) mass is 413 g/mol. The molecule has 3 heteroatoms. The van der Waals surface area contributed by atoms with Crippen LogP contribution in [0.1, 0.15) is 56.6 Å². The number of hydrogen-bond acceptors (Lipinski definition) is 2. The molecule has 0 radical (unpaired) electrons. The minimum Gasteiger partial charge on any atom is -0.322 e. The van der Waals surface area contributed by atoms with Gasteiger partial charge in [0.15, 0.2) is 0 Å². The van der Waals surface area contributed by atoms with Gasteiger partial charge in [-0.25, -0.2) is 0 Å². The lowest BCUT2D eigenvalue weighted by molar-refractivity contribution is 0.371. The third-order valence-electron chi connectivity index (χ3n) is 5.64. The van der Waals surface area contributed by atoms with E-state index in [0.29, 0.717) is 0 Å². The maximum Gasteiger partial charge on any atom is 0.101 e. The van der Waals surface area contributed by atoms with Gasteiger partial charge in [0.1, 0.15) is 7.14 Å². The summed E-state index contributed by atoms with van der Waals surface area (Å²) in [6, 6.07) is 21.3. The minimum atomic E-state index is -2.13. The molecule has 2 aromatic carbocycles. The van der Waals surface area contributed by atoms with Crippen LogP contribution in [0.4, 0.5) is 0 Å². The molecule has 0 unspecified atom stereocenters. The Labute approximate surface area is 179 Å². The van der Waals surface area contributed by atoms with E-state index in [4.69, 9.17) is 0 Å². The summed E-state index contributed by atoms with van der Waals surface area (Å²) in [6.45, 7) is 3.29. The fraction of sp³-hybridized carbons (Fsp3) is 0.538. The maximum absolute atomic E-state index is 13.8. The molecular weight excluding hydrogens is 373 g/mol. The van der Waals surface area contributed by atoms with E-state index in [0.717, 1.165) is 63.7 Å². The van der Waals surface area contributed by atoms with E-state index in [9.17, 15) is 4.57 Å². The summed E-state index contributed by atoms with van der Waals surface area (Å²) in [7, 11) is 0.0168. The van der Waals surface area contributed by atoms with Crippen LogP contribution in [0.3, 0.4) is 0 Å².